The van der Waals surface area contributed by atoms with Crippen molar-refractivity contribution >= 4 is 30.6 Å². The molecule has 1 aliphatic rings. The van der Waals surface area contributed by atoms with Gasteiger partial charge in [-0.3, -0.25) is 4.79 Å². The van der Waals surface area contributed by atoms with Crippen molar-refractivity contribution in [3.63, 3.8) is 0 Å². The number of carbonyl (C=O) groups excluding carboxylic acids is 1. The van der Waals surface area contributed by atoms with Crippen LogP contribution in [0.25, 0.3) is 0 Å². The van der Waals surface area contributed by atoms with Gasteiger partial charge in [0.1, 0.15) is 7.85 Å². The Hall–Kier alpha value is -2.23. The van der Waals surface area contributed by atoms with Gasteiger partial charge in [-0.25, -0.2) is 0 Å². The smallest absolute Gasteiger partial charge is 0.224 e. The van der Waals surface area contributed by atoms with Crippen LogP contribution in [-0.4, -0.2) is 20.3 Å². The van der Waals surface area contributed by atoms with E-state index >= 15 is 0 Å². The number of benzene rings is 2. The average molecular weight is 360 g/mol. The molecule has 0 unspecified atom stereocenters. The molecule has 0 bridgehead atoms. The van der Waals surface area contributed by atoms with Gasteiger partial charge in [-0.2, -0.15) is 0 Å². The van der Waals surface area contributed by atoms with Crippen LogP contribution in [0, 0.1) is 19.3 Å². The Labute approximate surface area is 164 Å². The van der Waals surface area contributed by atoms with E-state index in [-0.39, 0.29) is 11.3 Å². The first kappa shape index (κ1) is 19.5. The predicted octanol–water partition coefficient (Wildman–Crippen LogP) is 4.03. The van der Waals surface area contributed by atoms with E-state index < -0.39 is 0 Å². The summed E-state index contributed by atoms with van der Waals surface area (Å²) in [6.07, 6.45) is 1.53. The number of hydrogen-bond acceptors (Lipinski definition) is 2. The molecule has 3 rings (SSSR count). The van der Waals surface area contributed by atoms with Crippen LogP contribution in [0.5, 0.6) is 0 Å². The predicted molar refractivity (Wildman–Crippen MR) is 115 cm³/mol. The lowest BCUT2D eigenvalue weighted by Gasteiger charge is -2.23. The van der Waals surface area contributed by atoms with Gasteiger partial charge in [-0.15, -0.1) is 0 Å². The van der Waals surface area contributed by atoms with Crippen LogP contribution >= 0.6 is 0 Å². The zero-order chi connectivity index (χ0) is 19.8. The summed E-state index contributed by atoms with van der Waals surface area (Å²) < 4.78 is 0. The third-order valence-corrected chi connectivity index (χ3v) is 5.17. The Kier molecular flexibility index (Phi) is 5.37. The number of aryl methyl sites for hydroxylation is 1. The van der Waals surface area contributed by atoms with E-state index in [0.29, 0.717) is 6.42 Å². The molecule has 2 aromatic rings. The fourth-order valence-electron chi connectivity index (χ4n) is 3.83. The molecule has 2 aromatic carbocycles. The monoisotopic (exact) mass is 360 g/mol. The molecule has 1 aliphatic heterocycles. The Bertz CT molecular complexity index is 850. The van der Waals surface area contributed by atoms with Crippen molar-refractivity contribution in [1.29, 1.82) is 0 Å². The van der Waals surface area contributed by atoms with E-state index in [4.69, 9.17) is 7.85 Å². The van der Waals surface area contributed by atoms with Gasteiger partial charge >= 0.3 is 0 Å². The second-order valence-corrected chi connectivity index (χ2v) is 8.89. The Balaban J connectivity index is 1.82. The molecular weight excluding hydrogens is 331 g/mol. The zero-order valence-corrected chi connectivity index (χ0v) is 17.1. The van der Waals surface area contributed by atoms with E-state index in [0.717, 1.165) is 36.2 Å². The molecule has 0 aromatic heterocycles. The summed E-state index contributed by atoms with van der Waals surface area (Å²) in [4.78, 5) is 14.9. The van der Waals surface area contributed by atoms with Crippen LogP contribution in [0.4, 0.5) is 11.4 Å². The number of fused-ring (bicyclic) bond motifs is 1. The first-order valence-electron chi connectivity index (χ1n) is 9.66. The van der Waals surface area contributed by atoms with Crippen molar-refractivity contribution in [2.45, 2.75) is 54.0 Å². The molecule has 3 nitrogen and oxygen atoms in total. The number of carbonyl (C=O) groups is 1. The van der Waals surface area contributed by atoms with Crippen molar-refractivity contribution in [3.05, 3.63) is 52.6 Å². The Morgan fingerprint density at radius 2 is 1.85 bits per heavy atom. The van der Waals surface area contributed by atoms with Crippen LogP contribution in [0.1, 0.15) is 49.4 Å². The first-order valence-corrected chi connectivity index (χ1v) is 9.66. The highest BCUT2D eigenvalue weighted by Gasteiger charge is 2.25. The molecule has 1 N–H and O–H groups in total. The molecule has 0 spiro atoms. The van der Waals surface area contributed by atoms with Crippen LogP contribution in [0.2, 0.25) is 0 Å². The van der Waals surface area contributed by atoms with E-state index in [1.165, 1.54) is 22.4 Å². The molecule has 0 aliphatic carbocycles. The fourth-order valence-corrected chi connectivity index (χ4v) is 3.83. The van der Waals surface area contributed by atoms with Crippen molar-refractivity contribution in [2.24, 2.45) is 5.41 Å². The summed E-state index contributed by atoms with van der Waals surface area (Å²) >= 11 is 0. The second kappa shape index (κ2) is 7.42. The van der Waals surface area contributed by atoms with Gasteiger partial charge < -0.3 is 10.2 Å². The lowest BCUT2D eigenvalue weighted by atomic mass is 9.91. The molecule has 27 heavy (non-hydrogen) atoms. The maximum absolute atomic E-state index is 12.4. The average Bonchev–Trinajstić information content (AvgIpc) is 2.95. The third kappa shape index (κ3) is 4.55. The molecule has 1 amide bonds. The van der Waals surface area contributed by atoms with E-state index in [1.807, 2.05) is 12.1 Å². The molecule has 0 saturated heterocycles. The van der Waals surface area contributed by atoms with Crippen molar-refractivity contribution < 1.29 is 4.79 Å². The van der Waals surface area contributed by atoms with Crippen LogP contribution < -0.4 is 15.7 Å². The molecule has 4 heteroatoms. The highest BCUT2D eigenvalue weighted by atomic mass is 16.1. The first-order chi connectivity index (χ1) is 12.6. The van der Waals surface area contributed by atoms with Gasteiger partial charge in [-0.1, -0.05) is 50.5 Å². The molecule has 0 fully saturated rings. The van der Waals surface area contributed by atoms with E-state index in [9.17, 15) is 4.79 Å². The van der Waals surface area contributed by atoms with Crippen LogP contribution in [0.3, 0.4) is 0 Å². The topological polar surface area (TPSA) is 32.3 Å². The minimum Gasteiger partial charge on any atom is -0.367 e. The number of anilines is 2. The second-order valence-electron chi connectivity index (χ2n) is 8.89. The highest BCUT2D eigenvalue weighted by Crippen LogP contribution is 2.38. The summed E-state index contributed by atoms with van der Waals surface area (Å²) in [6.45, 7) is 12.4. The molecular formula is C23H29BN2O. The number of amides is 1. The van der Waals surface area contributed by atoms with Gasteiger partial charge in [0.15, 0.2) is 0 Å². The minimum atomic E-state index is -0.0154. The largest absolute Gasteiger partial charge is 0.367 e. The SMILES string of the molecule is [B]c1ccc(CN2CCc3c2cc(C)c(NC(=O)CC(C)(C)C)c3C)cc1. The van der Waals surface area contributed by atoms with E-state index in [2.05, 4.69) is 63.0 Å². The van der Waals surface area contributed by atoms with Crippen LogP contribution in [0.15, 0.2) is 30.3 Å². The maximum Gasteiger partial charge on any atom is 0.224 e. The molecule has 140 valence electrons. The summed E-state index contributed by atoms with van der Waals surface area (Å²) in [5.41, 5.74) is 7.98. The van der Waals surface area contributed by atoms with Crippen molar-refractivity contribution in [1.82, 2.24) is 0 Å². The Morgan fingerprint density at radius 1 is 1.19 bits per heavy atom. The molecule has 0 saturated carbocycles. The highest BCUT2D eigenvalue weighted by molar-refractivity contribution is 6.32. The number of hydrogen-bond donors (Lipinski definition) is 1. The minimum absolute atomic E-state index is 0.0154. The summed E-state index contributed by atoms with van der Waals surface area (Å²) in [7, 11) is 5.80. The van der Waals surface area contributed by atoms with E-state index in [1.54, 1.807) is 0 Å². The fraction of sp³-hybridized carbons (Fsp3) is 0.435. The maximum atomic E-state index is 12.4. The zero-order valence-electron chi connectivity index (χ0n) is 17.1. The Morgan fingerprint density at radius 3 is 2.48 bits per heavy atom. The molecule has 2 radical (unpaired) electrons. The van der Waals surface area contributed by atoms with Gasteiger partial charge in [-0.05, 0) is 54.0 Å². The summed E-state index contributed by atoms with van der Waals surface area (Å²) in [5.74, 6) is 0.0883. The summed E-state index contributed by atoms with van der Waals surface area (Å²) in [6, 6.07) is 10.3. The van der Waals surface area contributed by atoms with Crippen LogP contribution in [-0.2, 0) is 17.8 Å². The van der Waals surface area contributed by atoms with Gasteiger partial charge in [0.2, 0.25) is 5.91 Å². The quantitative estimate of drug-likeness (QED) is 0.835. The molecule has 0 atom stereocenters. The van der Waals surface area contributed by atoms with Gasteiger partial charge in [0, 0.05) is 30.9 Å². The van der Waals surface area contributed by atoms with Crippen molar-refractivity contribution in [3.8, 4) is 0 Å². The standard InChI is InChI=1S/C23H29BN2O/c1-15-12-20-19(16(2)22(15)25-21(27)13-23(3,4)5)10-11-26(20)14-17-6-8-18(24)9-7-17/h6-9,12H,10-11,13-14H2,1-5H3,(H,25,27). The number of rotatable bonds is 4. The van der Waals surface area contributed by atoms with Crippen molar-refractivity contribution in [2.75, 3.05) is 16.8 Å². The summed E-state index contributed by atoms with van der Waals surface area (Å²) in [5, 5.41) is 3.16. The normalized spacial score (nSPS) is 13.6. The lowest BCUT2D eigenvalue weighted by molar-refractivity contribution is -0.117. The van der Waals surface area contributed by atoms with Gasteiger partial charge in [0.25, 0.3) is 0 Å². The number of nitrogens with one attached hydrogen (secondary N) is 1. The third-order valence-electron chi connectivity index (χ3n) is 5.17. The lowest BCUT2D eigenvalue weighted by Crippen LogP contribution is -2.21. The molecule has 1 heterocycles. The van der Waals surface area contributed by atoms with Gasteiger partial charge in [0.05, 0.1) is 0 Å². The number of nitrogens with zero attached hydrogens (tertiary/aromatic N) is 1.